The van der Waals surface area contributed by atoms with Gasteiger partial charge in [-0.05, 0) is 36.4 Å². The zero-order valence-corrected chi connectivity index (χ0v) is 10.0. The summed E-state index contributed by atoms with van der Waals surface area (Å²) in [7, 11) is 1.28. The van der Waals surface area contributed by atoms with Crippen LogP contribution >= 0.6 is 0 Å². The molecule has 2 aromatic carbocycles. The lowest BCUT2D eigenvalue weighted by molar-refractivity contribution is 0.0600. The van der Waals surface area contributed by atoms with Gasteiger partial charge in [0.25, 0.3) is 0 Å². The van der Waals surface area contributed by atoms with Gasteiger partial charge < -0.3 is 9.47 Å². The maximum Gasteiger partial charge on any atom is 0.337 e. The Morgan fingerprint density at radius 2 is 1.74 bits per heavy atom. The molecule has 0 amide bonds. The van der Waals surface area contributed by atoms with E-state index in [-0.39, 0.29) is 5.75 Å². The smallest absolute Gasteiger partial charge is 0.337 e. The molecule has 0 aliphatic heterocycles. The summed E-state index contributed by atoms with van der Waals surface area (Å²) in [4.78, 5) is 11.2. The fourth-order valence-corrected chi connectivity index (χ4v) is 1.46. The molecule has 5 heteroatoms. The summed E-state index contributed by atoms with van der Waals surface area (Å²) in [6.45, 7) is 0. The quantitative estimate of drug-likeness (QED) is 0.795. The Morgan fingerprint density at radius 3 is 2.32 bits per heavy atom. The van der Waals surface area contributed by atoms with Crippen molar-refractivity contribution in [1.82, 2.24) is 0 Å². The van der Waals surface area contributed by atoms with E-state index in [2.05, 4.69) is 4.74 Å². The van der Waals surface area contributed by atoms with Crippen LogP contribution in [0.15, 0.2) is 42.5 Å². The lowest BCUT2D eigenvalue weighted by atomic mass is 10.2. The van der Waals surface area contributed by atoms with Gasteiger partial charge in [-0.25, -0.2) is 13.6 Å². The Bertz CT molecular complexity index is 594. The summed E-state index contributed by atoms with van der Waals surface area (Å²) in [5.74, 6) is -1.70. The van der Waals surface area contributed by atoms with Gasteiger partial charge in [-0.15, -0.1) is 0 Å². The monoisotopic (exact) mass is 264 g/mol. The molecule has 19 heavy (non-hydrogen) atoms. The first-order valence-electron chi connectivity index (χ1n) is 5.41. The van der Waals surface area contributed by atoms with E-state index in [9.17, 15) is 13.6 Å². The van der Waals surface area contributed by atoms with E-state index in [1.54, 1.807) is 0 Å². The van der Waals surface area contributed by atoms with Gasteiger partial charge >= 0.3 is 5.97 Å². The molecule has 0 unspecified atom stereocenters. The summed E-state index contributed by atoms with van der Waals surface area (Å²) in [5, 5.41) is 0. The second-order valence-corrected chi connectivity index (χ2v) is 3.69. The van der Waals surface area contributed by atoms with Crippen LogP contribution in [0.2, 0.25) is 0 Å². The highest BCUT2D eigenvalue weighted by molar-refractivity contribution is 5.89. The molecule has 0 heterocycles. The number of rotatable bonds is 3. The molecule has 0 N–H and O–H groups in total. The van der Waals surface area contributed by atoms with Crippen molar-refractivity contribution in [2.24, 2.45) is 0 Å². The van der Waals surface area contributed by atoms with Crippen LogP contribution in [0, 0.1) is 11.6 Å². The molecule has 0 spiro atoms. The van der Waals surface area contributed by atoms with E-state index in [4.69, 9.17) is 4.74 Å². The van der Waals surface area contributed by atoms with E-state index >= 15 is 0 Å². The number of methoxy groups -OCH3 is 1. The second kappa shape index (κ2) is 5.48. The topological polar surface area (TPSA) is 35.5 Å². The summed E-state index contributed by atoms with van der Waals surface area (Å²) in [6, 6.07) is 8.99. The SMILES string of the molecule is COC(=O)c1ccc(Oc2ccc(F)cc2F)cc1. The summed E-state index contributed by atoms with van der Waals surface area (Å²) in [6.07, 6.45) is 0. The van der Waals surface area contributed by atoms with E-state index in [1.165, 1.54) is 37.4 Å². The molecule has 0 aromatic heterocycles. The zero-order valence-electron chi connectivity index (χ0n) is 10.0. The molecule has 0 aliphatic rings. The average molecular weight is 264 g/mol. The van der Waals surface area contributed by atoms with Crippen molar-refractivity contribution in [3.8, 4) is 11.5 Å². The third-order valence-corrected chi connectivity index (χ3v) is 2.40. The van der Waals surface area contributed by atoms with Crippen LogP contribution in [0.5, 0.6) is 11.5 Å². The zero-order chi connectivity index (χ0) is 13.8. The minimum absolute atomic E-state index is 0.0905. The van der Waals surface area contributed by atoms with Crippen LogP contribution in [-0.4, -0.2) is 13.1 Å². The van der Waals surface area contributed by atoms with Gasteiger partial charge in [0.05, 0.1) is 12.7 Å². The Morgan fingerprint density at radius 1 is 1.05 bits per heavy atom. The summed E-state index contributed by atoms with van der Waals surface area (Å²) < 4.78 is 35.9. The first-order chi connectivity index (χ1) is 9.10. The number of hydrogen-bond acceptors (Lipinski definition) is 3. The van der Waals surface area contributed by atoms with E-state index < -0.39 is 17.6 Å². The fourth-order valence-electron chi connectivity index (χ4n) is 1.46. The van der Waals surface area contributed by atoms with Gasteiger partial charge in [-0.1, -0.05) is 0 Å². The van der Waals surface area contributed by atoms with Gasteiger partial charge in [0.1, 0.15) is 11.6 Å². The molecule has 0 atom stereocenters. The number of halogens is 2. The maximum absolute atomic E-state index is 13.4. The highest BCUT2D eigenvalue weighted by Gasteiger charge is 2.08. The van der Waals surface area contributed by atoms with Crippen molar-refractivity contribution in [3.05, 3.63) is 59.7 Å². The first kappa shape index (κ1) is 13.0. The maximum atomic E-state index is 13.4. The van der Waals surface area contributed by atoms with Crippen molar-refractivity contribution in [2.45, 2.75) is 0 Å². The van der Waals surface area contributed by atoms with E-state index in [0.717, 1.165) is 12.1 Å². The Hall–Kier alpha value is -2.43. The van der Waals surface area contributed by atoms with Crippen LogP contribution in [-0.2, 0) is 4.74 Å². The number of ether oxygens (including phenoxy) is 2. The van der Waals surface area contributed by atoms with Gasteiger partial charge in [0, 0.05) is 6.07 Å². The summed E-state index contributed by atoms with van der Waals surface area (Å²) >= 11 is 0. The second-order valence-electron chi connectivity index (χ2n) is 3.69. The molecule has 0 aliphatic carbocycles. The van der Waals surface area contributed by atoms with Gasteiger partial charge in [0.15, 0.2) is 11.6 Å². The Balaban J connectivity index is 2.17. The predicted molar refractivity (Wildman–Crippen MR) is 64.2 cm³/mol. The van der Waals surface area contributed by atoms with Crippen LogP contribution in [0.25, 0.3) is 0 Å². The van der Waals surface area contributed by atoms with Crippen molar-refractivity contribution in [1.29, 1.82) is 0 Å². The number of carbonyl (C=O) groups excluding carboxylic acids is 1. The Kier molecular flexibility index (Phi) is 3.75. The third kappa shape index (κ3) is 3.07. The van der Waals surface area contributed by atoms with Crippen LogP contribution in [0.4, 0.5) is 8.78 Å². The lowest BCUT2D eigenvalue weighted by Gasteiger charge is -2.07. The highest BCUT2D eigenvalue weighted by atomic mass is 19.1. The minimum atomic E-state index is -0.794. The van der Waals surface area contributed by atoms with Gasteiger partial charge in [-0.2, -0.15) is 0 Å². The van der Waals surface area contributed by atoms with E-state index in [0.29, 0.717) is 11.3 Å². The molecule has 98 valence electrons. The largest absolute Gasteiger partial charge is 0.465 e. The molecule has 0 fully saturated rings. The molecule has 2 aromatic rings. The number of hydrogen-bond donors (Lipinski definition) is 0. The molecule has 0 bridgehead atoms. The molecule has 0 radical (unpaired) electrons. The van der Waals surface area contributed by atoms with Crippen molar-refractivity contribution < 1.29 is 23.0 Å². The van der Waals surface area contributed by atoms with Gasteiger partial charge in [0.2, 0.25) is 0 Å². The first-order valence-corrected chi connectivity index (χ1v) is 5.41. The molecule has 2 rings (SSSR count). The summed E-state index contributed by atoms with van der Waals surface area (Å²) in [5.41, 5.74) is 0.356. The van der Waals surface area contributed by atoms with Crippen molar-refractivity contribution in [2.75, 3.05) is 7.11 Å². The molecule has 3 nitrogen and oxygen atoms in total. The third-order valence-electron chi connectivity index (χ3n) is 2.40. The number of esters is 1. The van der Waals surface area contributed by atoms with Crippen molar-refractivity contribution >= 4 is 5.97 Å². The highest BCUT2D eigenvalue weighted by Crippen LogP contribution is 2.25. The number of benzene rings is 2. The molecular weight excluding hydrogens is 254 g/mol. The standard InChI is InChI=1S/C14H10F2O3/c1-18-14(17)9-2-5-11(6-3-9)19-13-7-4-10(15)8-12(13)16/h2-8H,1H3. The normalized spacial score (nSPS) is 10.1. The van der Waals surface area contributed by atoms with Crippen molar-refractivity contribution in [3.63, 3.8) is 0 Å². The molecule has 0 saturated carbocycles. The van der Waals surface area contributed by atoms with Crippen LogP contribution in [0.3, 0.4) is 0 Å². The fraction of sp³-hybridized carbons (Fsp3) is 0.0714. The minimum Gasteiger partial charge on any atom is -0.465 e. The van der Waals surface area contributed by atoms with Crippen LogP contribution in [0.1, 0.15) is 10.4 Å². The molecular formula is C14H10F2O3. The lowest BCUT2D eigenvalue weighted by Crippen LogP contribution is -2.00. The predicted octanol–water partition coefficient (Wildman–Crippen LogP) is 3.54. The Labute approximate surface area is 108 Å². The molecule has 0 saturated heterocycles. The van der Waals surface area contributed by atoms with Gasteiger partial charge in [-0.3, -0.25) is 0 Å². The van der Waals surface area contributed by atoms with Crippen LogP contribution < -0.4 is 4.74 Å². The van der Waals surface area contributed by atoms with E-state index in [1.807, 2.05) is 0 Å². The average Bonchev–Trinajstić information content (AvgIpc) is 2.42. The number of carbonyl (C=O) groups is 1.